The fourth-order valence-corrected chi connectivity index (χ4v) is 4.36. The maximum Gasteiger partial charge on any atom is 0.316 e. The van der Waals surface area contributed by atoms with Crippen LogP contribution in [0.5, 0.6) is 5.75 Å². The Labute approximate surface area is 194 Å². The highest BCUT2D eigenvalue weighted by Gasteiger charge is 2.37. The van der Waals surface area contributed by atoms with Gasteiger partial charge >= 0.3 is 5.97 Å². The molecule has 0 N–H and O–H groups in total. The van der Waals surface area contributed by atoms with Gasteiger partial charge in [0.1, 0.15) is 5.75 Å². The van der Waals surface area contributed by atoms with Gasteiger partial charge in [-0.2, -0.15) is 0 Å². The summed E-state index contributed by atoms with van der Waals surface area (Å²) in [5, 5.41) is 0.578. The topological polar surface area (TPSA) is 84.0 Å². The van der Waals surface area contributed by atoms with Crippen molar-refractivity contribution in [3.63, 3.8) is 0 Å². The van der Waals surface area contributed by atoms with Crippen LogP contribution in [0.4, 0.5) is 11.4 Å². The summed E-state index contributed by atoms with van der Waals surface area (Å²) in [5.74, 6) is -1.65. The van der Waals surface area contributed by atoms with Gasteiger partial charge in [-0.25, -0.2) is 0 Å². The Hall–Kier alpha value is -2.90. The van der Waals surface area contributed by atoms with Crippen LogP contribution in [0.15, 0.2) is 36.4 Å². The predicted molar refractivity (Wildman–Crippen MR) is 120 cm³/mol. The average molecular weight is 475 g/mol. The fraction of sp³-hybridized carbons (Fsp3) is 0.304. The van der Waals surface area contributed by atoms with Crippen molar-refractivity contribution in [2.24, 2.45) is 5.92 Å². The van der Waals surface area contributed by atoms with Gasteiger partial charge in [-0.3, -0.25) is 24.1 Å². The SMILES string of the molecule is Cc1cc(OC(=O)[C@@H]2CC(=O)N(c3cccc(Cl)c3Cl)C2)ccc1N1C(=O)CCCC1=O. The number of nitrogens with zero attached hydrogens (tertiary/aromatic N) is 2. The molecule has 0 aliphatic carbocycles. The van der Waals surface area contributed by atoms with Gasteiger partial charge in [-0.15, -0.1) is 0 Å². The van der Waals surface area contributed by atoms with Crippen LogP contribution in [-0.4, -0.2) is 30.2 Å². The van der Waals surface area contributed by atoms with Crippen molar-refractivity contribution in [2.75, 3.05) is 16.3 Å². The molecule has 0 radical (unpaired) electrons. The number of halogens is 2. The number of carbonyl (C=O) groups excluding carboxylic acids is 4. The quantitative estimate of drug-likeness (QED) is 0.374. The molecule has 4 rings (SSSR count). The molecule has 2 aromatic carbocycles. The van der Waals surface area contributed by atoms with Crippen molar-refractivity contribution in [1.29, 1.82) is 0 Å². The summed E-state index contributed by atoms with van der Waals surface area (Å²) in [6.07, 6.45) is 1.20. The largest absolute Gasteiger partial charge is 0.426 e. The van der Waals surface area contributed by atoms with Gasteiger partial charge < -0.3 is 9.64 Å². The first-order valence-corrected chi connectivity index (χ1v) is 10.9. The minimum atomic E-state index is -0.664. The Morgan fingerprint density at radius 3 is 2.41 bits per heavy atom. The molecule has 2 heterocycles. The number of imide groups is 1. The summed E-state index contributed by atoms with van der Waals surface area (Å²) >= 11 is 12.3. The number of hydrogen-bond donors (Lipinski definition) is 0. The molecule has 0 spiro atoms. The van der Waals surface area contributed by atoms with Crippen LogP contribution in [0, 0.1) is 12.8 Å². The van der Waals surface area contributed by atoms with E-state index in [1.54, 1.807) is 37.3 Å². The number of piperidine rings is 1. The van der Waals surface area contributed by atoms with Crippen molar-refractivity contribution in [2.45, 2.75) is 32.6 Å². The Bertz CT molecular complexity index is 1120. The van der Waals surface area contributed by atoms with Crippen molar-refractivity contribution in [1.82, 2.24) is 0 Å². The average Bonchev–Trinajstić information content (AvgIpc) is 3.13. The molecule has 2 fully saturated rings. The smallest absolute Gasteiger partial charge is 0.316 e. The zero-order valence-electron chi connectivity index (χ0n) is 17.3. The normalized spacial score (nSPS) is 19.0. The van der Waals surface area contributed by atoms with Crippen LogP contribution < -0.4 is 14.5 Å². The van der Waals surface area contributed by atoms with E-state index >= 15 is 0 Å². The first-order valence-electron chi connectivity index (χ1n) is 10.2. The van der Waals surface area contributed by atoms with E-state index in [0.717, 1.165) is 0 Å². The van der Waals surface area contributed by atoms with Crippen molar-refractivity contribution in [3.05, 3.63) is 52.0 Å². The van der Waals surface area contributed by atoms with Crippen molar-refractivity contribution in [3.8, 4) is 5.75 Å². The number of benzene rings is 2. The summed E-state index contributed by atoms with van der Waals surface area (Å²) < 4.78 is 5.50. The lowest BCUT2D eigenvalue weighted by Crippen LogP contribution is -2.40. The predicted octanol–water partition coefficient (Wildman–Crippen LogP) is 4.30. The molecule has 2 aromatic rings. The van der Waals surface area contributed by atoms with E-state index in [1.165, 1.54) is 15.9 Å². The van der Waals surface area contributed by atoms with E-state index in [0.29, 0.717) is 41.2 Å². The van der Waals surface area contributed by atoms with Gasteiger partial charge in [0, 0.05) is 25.8 Å². The molecule has 0 saturated carbocycles. The molecular weight excluding hydrogens is 455 g/mol. The minimum Gasteiger partial charge on any atom is -0.426 e. The van der Waals surface area contributed by atoms with Crippen molar-refractivity contribution < 1.29 is 23.9 Å². The highest BCUT2D eigenvalue weighted by molar-refractivity contribution is 6.44. The Morgan fingerprint density at radius 1 is 1.00 bits per heavy atom. The number of anilines is 2. The first-order chi connectivity index (χ1) is 15.3. The number of hydrogen-bond acceptors (Lipinski definition) is 5. The number of esters is 1. The summed E-state index contributed by atoms with van der Waals surface area (Å²) in [6, 6.07) is 9.71. The number of carbonyl (C=O) groups is 4. The minimum absolute atomic E-state index is 0.00444. The molecule has 7 nitrogen and oxygen atoms in total. The van der Waals surface area contributed by atoms with Gasteiger partial charge in [0.05, 0.1) is 27.3 Å². The molecule has 9 heteroatoms. The van der Waals surface area contributed by atoms with E-state index in [4.69, 9.17) is 27.9 Å². The lowest BCUT2D eigenvalue weighted by molar-refractivity contribution is -0.139. The lowest BCUT2D eigenvalue weighted by Gasteiger charge is -2.26. The summed E-state index contributed by atoms with van der Waals surface area (Å²) in [4.78, 5) is 52.2. The van der Waals surface area contributed by atoms with Crippen LogP contribution in [0.25, 0.3) is 0 Å². The number of rotatable bonds is 4. The molecule has 2 saturated heterocycles. The number of amides is 3. The summed E-state index contributed by atoms with van der Waals surface area (Å²) in [7, 11) is 0. The van der Waals surface area contributed by atoms with Gasteiger partial charge in [-0.1, -0.05) is 29.3 Å². The molecule has 2 aliphatic heterocycles. The molecule has 32 heavy (non-hydrogen) atoms. The van der Waals surface area contributed by atoms with E-state index in [-0.39, 0.29) is 41.5 Å². The zero-order valence-corrected chi connectivity index (χ0v) is 18.8. The Balaban J connectivity index is 1.47. The summed E-state index contributed by atoms with van der Waals surface area (Å²) in [5.41, 5.74) is 1.57. The zero-order chi connectivity index (χ0) is 23.0. The maximum absolute atomic E-state index is 12.7. The third-order valence-corrected chi connectivity index (χ3v) is 6.40. The number of ether oxygens (including phenoxy) is 1. The first kappa shape index (κ1) is 22.3. The molecule has 0 aromatic heterocycles. The van der Waals surface area contributed by atoms with E-state index < -0.39 is 11.9 Å². The third kappa shape index (κ3) is 4.23. The van der Waals surface area contributed by atoms with Gasteiger partial charge in [0.15, 0.2) is 0 Å². The van der Waals surface area contributed by atoms with Crippen LogP contribution >= 0.6 is 23.2 Å². The highest BCUT2D eigenvalue weighted by atomic mass is 35.5. The maximum atomic E-state index is 12.7. The van der Waals surface area contributed by atoms with Crippen LogP contribution in [-0.2, 0) is 19.2 Å². The van der Waals surface area contributed by atoms with Crippen LogP contribution in [0.1, 0.15) is 31.2 Å². The van der Waals surface area contributed by atoms with E-state index in [2.05, 4.69) is 0 Å². The molecular formula is C23H20Cl2N2O5. The number of aryl methyl sites for hydroxylation is 1. The second-order valence-corrected chi connectivity index (χ2v) is 8.61. The van der Waals surface area contributed by atoms with Crippen LogP contribution in [0.2, 0.25) is 10.0 Å². The Morgan fingerprint density at radius 2 is 1.72 bits per heavy atom. The summed E-state index contributed by atoms with van der Waals surface area (Å²) in [6.45, 7) is 1.87. The second-order valence-electron chi connectivity index (χ2n) is 7.82. The molecule has 166 valence electrons. The second kappa shape index (κ2) is 8.92. The standard InChI is InChI=1S/C23H20Cl2N2O5/c1-13-10-15(8-9-17(13)27-19(28)6-3-7-20(27)29)32-23(31)14-11-21(30)26(12-14)18-5-2-4-16(24)22(18)25/h2,4-5,8-10,14H,3,6-7,11-12H2,1H3/t14-/m1/s1. The van der Waals surface area contributed by atoms with Gasteiger partial charge in [0.2, 0.25) is 17.7 Å². The molecule has 0 bridgehead atoms. The lowest BCUT2D eigenvalue weighted by atomic mass is 10.1. The molecule has 3 amide bonds. The van der Waals surface area contributed by atoms with E-state index in [1.807, 2.05) is 0 Å². The van der Waals surface area contributed by atoms with Gasteiger partial charge in [-0.05, 0) is 49.2 Å². The molecule has 1 atom stereocenters. The molecule has 0 unspecified atom stereocenters. The van der Waals surface area contributed by atoms with Crippen molar-refractivity contribution >= 4 is 58.3 Å². The monoisotopic (exact) mass is 474 g/mol. The van der Waals surface area contributed by atoms with E-state index in [9.17, 15) is 19.2 Å². The van der Waals surface area contributed by atoms with Gasteiger partial charge in [0.25, 0.3) is 0 Å². The fourth-order valence-electron chi connectivity index (χ4n) is 3.96. The third-order valence-electron chi connectivity index (χ3n) is 5.59. The Kier molecular flexibility index (Phi) is 6.22. The highest BCUT2D eigenvalue weighted by Crippen LogP contribution is 2.36. The molecule has 2 aliphatic rings. The van der Waals surface area contributed by atoms with Crippen LogP contribution in [0.3, 0.4) is 0 Å².